The van der Waals surface area contributed by atoms with E-state index in [2.05, 4.69) is 26.6 Å². The molecule has 0 bridgehead atoms. The highest BCUT2D eigenvalue weighted by Gasteiger charge is 2.18. The molecule has 1 aromatic carbocycles. The van der Waals surface area contributed by atoms with Gasteiger partial charge in [-0.15, -0.1) is 0 Å². The molecule has 1 aliphatic heterocycles. The smallest absolute Gasteiger partial charge is 0.220 e. The maximum atomic E-state index is 12.0. The second-order valence-corrected chi connectivity index (χ2v) is 6.18. The zero-order chi connectivity index (χ0) is 13.7. The zero-order valence-corrected chi connectivity index (χ0v) is 12.9. The van der Waals surface area contributed by atoms with Gasteiger partial charge in [0.05, 0.1) is 6.04 Å². The molecule has 1 aliphatic rings. The summed E-state index contributed by atoms with van der Waals surface area (Å²) >= 11 is 3.46. The van der Waals surface area contributed by atoms with E-state index in [4.69, 9.17) is 0 Å². The van der Waals surface area contributed by atoms with E-state index in [1.54, 1.807) is 0 Å². The van der Waals surface area contributed by atoms with Gasteiger partial charge in [0.2, 0.25) is 5.91 Å². The van der Waals surface area contributed by atoms with Crippen LogP contribution in [0.15, 0.2) is 28.7 Å². The minimum atomic E-state index is 0.0570. The van der Waals surface area contributed by atoms with Gasteiger partial charge in [-0.05, 0) is 56.5 Å². The van der Waals surface area contributed by atoms with Crippen molar-refractivity contribution in [2.24, 2.45) is 5.92 Å². The van der Waals surface area contributed by atoms with E-state index in [1.165, 1.54) is 6.42 Å². The van der Waals surface area contributed by atoms with Crippen molar-refractivity contribution < 1.29 is 4.79 Å². The fourth-order valence-corrected chi connectivity index (χ4v) is 2.94. The van der Waals surface area contributed by atoms with Gasteiger partial charge in [0, 0.05) is 10.9 Å². The van der Waals surface area contributed by atoms with E-state index in [9.17, 15) is 4.79 Å². The molecule has 2 rings (SSSR count). The summed E-state index contributed by atoms with van der Waals surface area (Å²) in [6, 6.07) is 8.13. The second kappa shape index (κ2) is 7.06. The molecule has 0 aromatic heterocycles. The van der Waals surface area contributed by atoms with E-state index < -0.39 is 0 Å². The molecule has 0 saturated carbocycles. The van der Waals surface area contributed by atoms with Crippen molar-refractivity contribution in [3.05, 3.63) is 34.3 Å². The predicted molar refractivity (Wildman–Crippen MR) is 80.9 cm³/mol. The maximum Gasteiger partial charge on any atom is 0.220 e. The van der Waals surface area contributed by atoms with Crippen LogP contribution < -0.4 is 10.6 Å². The standard InChI is InChI=1S/C15H21BrN2O/c1-11(13-5-2-6-14(16)9-13)18-15(19)8-12-4-3-7-17-10-12/h2,5-6,9,11-12,17H,3-4,7-8,10H2,1H3,(H,18,19). The monoisotopic (exact) mass is 324 g/mol. The molecular weight excluding hydrogens is 304 g/mol. The lowest BCUT2D eigenvalue weighted by Crippen LogP contribution is -2.35. The first-order valence-electron chi connectivity index (χ1n) is 6.90. The van der Waals surface area contributed by atoms with Crippen LogP contribution in [-0.2, 0) is 4.79 Å². The third-order valence-corrected chi connectivity index (χ3v) is 4.09. The molecule has 0 aliphatic carbocycles. The Bertz CT molecular complexity index is 430. The highest BCUT2D eigenvalue weighted by atomic mass is 79.9. The van der Waals surface area contributed by atoms with Crippen LogP contribution in [0.1, 0.15) is 37.8 Å². The Hall–Kier alpha value is -0.870. The van der Waals surface area contributed by atoms with Gasteiger partial charge >= 0.3 is 0 Å². The first-order valence-corrected chi connectivity index (χ1v) is 7.70. The van der Waals surface area contributed by atoms with Crippen LogP contribution in [0, 0.1) is 5.92 Å². The Kier molecular flexibility index (Phi) is 5.40. The summed E-state index contributed by atoms with van der Waals surface area (Å²) in [4.78, 5) is 12.0. The van der Waals surface area contributed by atoms with Gasteiger partial charge < -0.3 is 10.6 Å². The van der Waals surface area contributed by atoms with Gasteiger partial charge in [-0.3, -0.25) is 4.79 Å². The molecule has 1 saturated heterocycles. The predicted octanol–water partition coefficient (Wildman–Crippen LogP) is 3.02. The number of rotatable bonds is 4. The van der Waals surface area contributed by atoms with Crippen molar-refractivity contribution in [1.82, 2.24) is 10.6 Å². The number of benzene rings is 1. The van der Waals surface area contributed by atoms with Crippen LogP contribution in [0.3, 0.4) is 0 Å². The topological polar surface area (TPSA) is 41.1 Å². The Balaban J connectivity index is 1.84. The SMILES string of the molecule is CC(NC(=O)CC1CCCNC1)c1cccc(Br)c1. The van der Waals surface area contributed by atoms with Crippen LogP contribution in [-0.4, -0.2) is 19.0 Å². The highest BCUT2D eigenvalue weighted by Crippen LogP contribution is 2.19. The largest absolute Gasteiger partial charge is 0.350 e. The van der Waals surface area contributed by atoms with Crippen molar-refractivity contribution in [3.63, 3.8) is 0 Å². The fraction of sp³-hybridized carbons (Fsp3) is 0.533. The quantitative estimate of drug-likeness (QED) is 0.893. The molecular formula is C15H21BrN2O. The second-order valence-electron chi connectivity index (χ2n) is 5.26. The zero-order valence-electron chi connectivity index (χ0n) is 11.3. The summed E-state index contributed by atoms with van der Waals surface area (Å²) in [5, 5.41) is 6.43. The summed E-state index contributed by atoms with van der Waals surface area (Å²) in [7, 11) is 0. The number of amides is 1. The number of carbonyl (C=O) groups is 1. The van der Waals surface area contributed by atoms with E-state index in [1.807, 2.05) is 31.2 Å². The normalized spacial score (nSPS) is 20.8. The van der Waals surface area contributed by atoms with Crippen LogP contribution in [0.2, 0.25) is 0 Å². The van der Waals surface area contributed by atoms with E-state index in [-0.39, 0.29) is 11.9 Å². The summed E-state index contributed by atoms with van der Waals surface area (Å²) in [5.41, 5.74) is 1.13. The molecule has 0 radical (unpaired) electrons. The summed E-state index contributed by atoms with van der Waals surface area (Å²) in [5.74, 6) is 0.643. The van der Waals surface area contributed by atoms with Crippen molar-refractivity contribution in [2.75, 3.05) is 13.1 Å². The van der Waals surface area contributed by atoms with E-state index >= 15 is 0 Å². The van der Waals surface area contributed by atoms with Gasteiger partial charge in [-0.25, -0.2) is 0 Å². The summed E-state index contributed by atoms with van der Waals surface area (Å²) in [6.45, 7) is 4.09. The highest BCUT2D eigenvalue weighted by molar-refractivity contribution is 9.10. The number of nitrogens with one attached hydrogen (secondary N) is 2. The summed E-state index contributed by atoms with van der Waals surface area (Å²) < 4.78 is 1.04. The minimum absolute atomic E-state index is 0.0570. The Morgan fingerprint density at radius 1 is 1.58 bits per heavy atom. The lowest BCUT2D eigenvalue weighted by molar-refractivity contribution is -0.122. The molecule has 1 aromatic rings. The molecule has 104 valence electrons. The van der Waals surface area contributed by atoms with E-state index in [0.29, 0.717) is 12.3 Å². The van der Waals surface area contributed by atoms with Crippen molar-refractivity contribution in [2.45, 2.75) is 32.2 Å². The van der Waals surface area contributed by atoms with Crippen molar-refractivity contribution in [1.29, 1.82) is 0 Å². The van der Waals surface area contributed by atoms with Gasteiger partial charge in [0.25, 0.3) is 0 Å². The van der Waals surface area contributed by atoms with E-state index in [0.717, 1.165) is 29.5 Å². The lowest BCUT2D eigenvalue weighted by atomic mass is 9.95. The van der Waals surface area contributed by atoms with Crippen LogP contribution in [0.5, 0.6) is 0 Å². The van der Waals surface area contributed by atoms with Gasteiger partial charge in [-0.2, -0.15) is 0 Å². The molecule has 2 N–H and O–H groups in total. The summed E-state index contributed by atoms with van der Waals surface area (Å²) in [6.07, 6.45) is 2.97. The molecule has 3 nitrogen and oxygen atoms in total. The molecule has 0 spiro atoms. The molecule has 2 unspecified atom stereocenters. The van der Waals surface area contributed by atoms with Crippen molar-refractivity contribution in [3.8, 4) is 0 Å². The molecule has 4 heteroatoms. The Labute approximate surface area is 123 Å². The van der Waals surface area contributed by atoms with Gasteiger partial charge in [0.1, 0.15) is 0 Å². The first kappa shape index (κ1) is 14.5. The molecule has 1 fully saturated rings. The average Bonchev–Trinajstić information content (AvgIpc) is 2.39. The van der Waals surface area contributed by atoms with Crippen LogP contribution in [0.25, 0.3) is 0 Å². The number of carbonyl (C=O) groups excluding carboxylic acids is 1. The molecule has 2 atom stereocenters. The fourth-order valence-electron chi connectivity index (χ4n) is 2.52. The first-order chi connectivity index (χ1) is 9.15. The third kappa shape index (κ3) is 4.62. The number of piperidine rings is 1. The molecule has 1 amide bonds. The van der Waals surface area contributed by atoms with Gasteiger partial charge in [-0.1, -0.05) is 28.1 Å². The third-order valence-electron chi connectivity index (χ3n) is 3.60. The van der Waals surface area contributed by atoms with Crippen molar-refractivity contribution >= 4 is 21.8 Å². The van der Waals surface area contributed by atoms with Crippen LogP contribution >= 0.6 is 15.9 Å². The average molecular weight is 325 g/mol. The Morgan fingerprint density at radius 2 is 2.42 bits per heavy atom. The number of hydrogen-bond donors (Lipinski definition) is 2. The minimum Gasteiger partial charge on any atom is -0.350 e. The van der Waals surface area contributed by atoms with Crippen LogP contribution in [0.4, 0.5) is 0 Å². The Morgan fingerprint density at radius 3 is 3.11 bits per heavy atom. The number of halogens is 1. The number of hydrogen-bond acceptors (Lipinski definition) is 2. The molecule has 1 heterocycles. The maximum absolute atomic E-state index is 12.0. The van der Waals surface area contributed by atoms with Gasteiger partial charge in [0.15, 0.2) is 0 Å². The lowest BCUT2D eigenvalue weighted by Gasteiger charge is -2.23. The molecule has 19 heavy (non-hydrogen) atoms.